The molecule has 0 bridgehead atoms. The summed E-state index contributed by atoms with van der Waals surface area (Å²) in [5.74, 6) is -0.339. The van der Waals surface area contributed by atoms with Crippen LogP contribution in [0.2, 0.25) is 0 Å². The number of esters is 1. The minimum atomic E-state index is -0.339. The molecule has 0 unspecified atom stereocenters. The highest BCUT2D eigenvalue weighted by atomic mass is 16.5. The number of rotatable bonds is 6. The normalized spacial score (nSPS) is 12.5. The third-order valence-electron chi connectivity index (χ3n) is 3.31. The molecule has 0 amide bonds. The number of carbonyl (C=O) groups is 1. The van der Waals surface area contributed by atoms with E-state index in [0.717, 1.165) is 16.8 Å². The van der Waals surface area contributed by atoms with Crippen molar-refractivity contribution in [3.05, 3.63) is 77.9 Å². The van der Waals surface area contributed by atoms with Gasteiger partial charge < -0.3 is 10.1 Å². The van der Waals surface area contributed by atoms with E-state index in [-0.39, 0.29) is 12.0 Å². The average molecular weight is 295 g/mol. The van der Waals surface area contributed by atoms with E-state index in [2.05, 4.69) is 24.4 Å². The van der Waals surface area contributed by atoms with Crippen molar-refractivity contribution in [3.8, 4) is 0 Å². The van der Waals surface area contributed by atoms with E-state index in [0.29, 0.717) is 6.61 Å². The fourth-order valence-corrected chi connectivity index (χ4v) is 2.19. The van der Waals surface area contributed by atoms with Crippen LogP contribution in [0.5, 0.6) is 0 Å². The first-order valence-corrected chi connectivity index (χ1v) is 7.46. The smallest absolute Gasteiger partial charge is 0.332 e. The van der Waals surface area contributed by atoms with Crippen LogP contribution < -0.4 is 5.32 Å². The topological polar surface area (TPSA) is 38.3 Å². The number of ether oxygens (including phenoxy) is 1. The van der Waals surface area contributed by atoms with Crippen LogP contribution in [-0.2, 0) is 9.53 Å². The van der Waals surface area contributed by atoms with E-state index >= 15 is 0 Å². The maximum Gasteiger partial charge on any atom is 0.332 e. The van der Waals surface area contributed by atoms with Crippen molar-refractivity contribution in [3.63, 3.8) is 0 Å². The summed E-state index contributed by atoms with van der Waals surface area (Å²) in [5.41, 5.74) is 2.88. The fraction of sp³-hybridized carbons (Fsp3) is 0.211. The fourth-order valence-electron chi connectivity index (χ4n) is 2.19. The lowest BCUT2D eigenvalue weighted by Gasteiger charge is -2.18. The van der Waals surface area contributed by atoms with Crippen molar-refractivity contribution in [1.29, 1.82) is 0 Å². The summed E-state index contributed by atoms with van der Waals surface area (Å²) in [6.07, 6.45) is 1.51. The Balaban J connectivity index is 2.23. The average Bonchev–Trinajstić information content (AvgIpc) is 2.56. The summed E-state index contributed by atoms with van der Waals surface area (Å²) < 4.78 is 5.03. The first-order chi connectivity index (χ1) is 10.7. The Labute approximate surface area is 131 Å². The van der Waals surface area contributed by atoms with Crippen LogP contribution in [0, 0.1) is 0 Å². The zero-order chi connectivity index (χ0) is 15.8. The Morgan fingerprint density at radius 1 is 1.09 bits per heavy atom. The van der Waals surface area contributed by atoms with E-state index in [4.69, 9.17) is 4.74 Å². The van der Waals surface area contributed by atoms with Crippen molar-refractivity contribution < 1.29 is 9.53 Å². The lowest BCUT2D eigenvalue weighted by molar-refractivity contribution is -0.137. The van der Waals surface area contributed by atoms with Gasteiger partial charge in [-0.2, -0.15) is 0 Å². The second kappa shape index (κ2) is 8.03. The number of benzene rings is 2. The van der Waals surface area contributed by atoms with Crippen molar-refractivity contribution in [2.45, 2.75) is 19.9 Å². The lowest BCUT2D eigenvalue weighted by atomic mass is 10.1. The van der Waals surface area contributed by atoms with Gasteiger partial charge in [0, 0.05) is 17.8 Å². The molecule has 3 heteroatoms. The summed E-state index contributed by atoms with van der Waals surface area (Å²) in [6, 6.07) is 20.0. The molecule has 0 spiro atoms. The quantitative estimate of drug-likeness (QED) is 0.648. The van der Waals surface area contributed by atoms with Gasteiger partial charge in [-0.1, -0.05) is 60.7 Å². The molecule has 2 aromatic rings. The second-order valence-corrected chi connectivity index (χ2v) is 4.95. The van der Waals surface area contributed by atoms with E-state index in [1.807, 2.05) is 48.5 Å². The minimum absolute atomic E-state index is 0.0853. The van der Waals surface area contributed by atoms with E-state index in [1.165, 1.54) is 6.08 Å². The van der Waals surface area contributed by atoms with Crippen LogP contribution in [0.15, 0.2) is 66.7 Å². The Morgan fingerprint density at radius 3 is 2.27 bits per heavy atom. The second-order valence-electron chi connectivity index (χ2n) is 4.95. The van der Waals surface area contributed by atoms with Gasteiger partial charge in [-0.25, -0.2) is 4.79 Å². The van der Waals surface area contributed by atoms with E-state index < -0.39 is 0 Å². The zero-order valence-corrected chi connectivity index (χ0v) is 13.0. The maximum absolute atomic E-state index is 11.8. The number of hydrogen-bond acceptors (Lipinski definition) is 3. The predicted octanol–water partition coefficient (Wildman–Crippen LogP) is 3.94. The Morgan fingerprint density at radius 2 is 1.68 bits per heavy atom. The molecular weight excluding hydrogens is 274 g/mol. The molecule has 0 heterocycles. The molecule has 1 atom stereocenters. The molecule has 0 aliphatic rings. The van der Waals surface area contributed by atoms with Gasteiger partial charge in [-0.15, -0.1) is 0 Å². The van der Waals surface area contributed by atoms with Gasteiger partial charge in [0.1, 0.15) is 0 Å². The molecule has 0 fully saturated rings. The third-order valence-corrected chi connectivity index (χ3v) is 3.31. The molecule has 2 aromatic carbocycles. The Kier molecular flexibility index (Phi) is 5.78. The summed E-state index contributed by atoms with van der Waals surface area (Å²) in [7, 11) is 0. The number of nitrogens with one attached hydrogen (secondary N) is 1. The summed E-state index contributed by atoms with van der Waals surface area (Å²) in [5, 5.41) is 3.40. The van der Waals surface area contributed by atoms with Crippen LogP contribution in [0.25, 0.3) is 5.70 Å². The van der Waals surface area contributed by atoms with Crippen LogP contribution in [0.4, 0.5) is 0 Å². The standard InChI is InChI=1S/C19H21NO2/c1-3-22-19(21)14-18(17-12-8-5-9-13-17)20-15(2)16-10-6-4-7-11-16/h4-15,20H,3H2,1-2H3/b18-14-/t15-/m1/s1. The van der Waals surface area contributed by atoms with Crippen LogP contribution >= 0.6 is 0 Å². The SMILES string of the molecule is CCOC(=O)/C=C(\N[C@H](C)c1ccccc1)c1ccccc1. The molecule has 3 nitrogen and oxygen atoms in total. The molecule has 0 aromatic heterocycles. The molecule has 0 aliphatic heterocycles. The zero-order valence-electron chi connectivity index (χ0n) is 13.0. The van der Waals surface area contributed by atoms with Crippen molar-refractivity contribution >= 4 is 11.7 Å². The summed E-state index contributed by atoms with van der Waals surface area (Å²) in [4.78, 5) is 11.8. The van der Waals surface area contributed by atoms with E-state index in [1.54, 1.807) is 6.92 Å². The van der Waals surface area contributed by atoms with Crippen LogP contribution in [0.3, 0.4) is 0 Å². The van der Waals surface area contributed by atoms with Crippen molar-refractivity contribution in [2.24, 2.45) is 0 Å². The first kappa shape index (κ1) is 15.8. The summed E-state index contributed by atoms with van der Waals surface area (Å²) >= 11 is 0. The van der Waals surface area contributed by atoms with Gasteiger partial charge in [0.2, 0.25) is 0 Å². The van der Waals surface area contributed by atoms with Gasteiger partial charge in [-0.05, 0) is 25.0 Å². The Hall–Kier alpha value is -2.55. The highest BCUT2D eigenvalue weighted by Gasteiger charge is 2.10. The highest BCUT2D eigenvalue weighted by molar-refractivity contribution is 5.90. The molecule has 114 valence electrons. The van der Waals surface area contributed by atoms with Gasteiger partial charge in [0.15, 0.2) is 0 Å². The lowest BCUT2D eigenvalue weighted by Crippen LogP contribution is -2.18. The first-order valence-electron chi connectivity index (χ1n) is 7.46. The third kappa shape index (κ3) is 4.48. The molecule has 1 N–H and O–H groups in total. The molecule has 22 heavy (non-hydrogen) atoms. The largest absolute Gasteiger partial charge is 0.463 e. The number of hydrogen-bond donors (Lipinski definition) is 1. The molecule has 0 saturated heterocycles. The molecule has 0 radical (unpaired) electrons. The molecule has 0 aliphatic carbocycles. The molecule has 2 rings (SSSR count). The van der Waals surface area contributed by atoms with Crippen LogP contribution in [0.1, 0.15) is 31.0 Å². The van der Waals surface area contributed by atoms with Gasteiger partial charge in [-0.3, -0.25) is 0 Å². The minimum Gasteiger partial charge on any atom is -0.463 e. The van der Waals surface area contributed by atoms with Gasteiger partial charge in [0.25, 0.3) is 0 Å². The summed E-state index contributed by atoms with van der Waals surface area (Å²) in [6.45, 7) is 4.23. The van der Waals surface area contributed by atoms with Gasteiger partial charge >= 0.3 is 5.97 Å². The molecular formula is C19H21NO2. The monoisotopic (exact) mass is 295 g/mol. The van der Waals surface area contributed by atoms with E-state index in [9.17, 15) is 4.79 Å². The maximum atomic E-state index is 11.8. The van der Waals surface area contributed by atoms with Crippen molar-refractivity contribution in [2.75, 3.05) is 6.61 Å². The predicted molar refractivity (Wildman–Crippen MR) is 89.0 cm³/mol. The highest BCUT2D eigenvalue weighted by Crippen LogP contribution is 2.18. The molecule has 0 saturated carbocycles. The van der Waals surface area contributed by atoms with Crippen molar-refractivity contribution in [1.82, 2.24) is 5.32 Å². The van der Waals surface area contributed by atoms with Crippen LogP contribution in [-0.4, -0.2) is 12.6 Å². The Bertz CT molecular complexity index is 620. The van der Waals surface area contributed by atoms with Gasteiger partial charge in [0.05, 0.1) is 6.61 Å². The number of carbonyl (C=O) groups excluding carboxylic acids is 1.